The first kappa shape index (κ1) is 32.6. The van der Waals surface area contributed by atoms with Gasteiger partial charge in [0.05, 0.1) is 0 Å². The molecule has 3 nitrogen and oxygen atoms in total. The fourth-order valence-corrected chi connectivity index (χ4v) is 8.66. The molecule has 0 saturated heterocycles. The predicted octanol–water partition coefficient (Wildman–Crippen LogP) is 13.9. The van der Waals surface area contributed by atoms with E-state index in [9.17, 15) is 0 Å². The highest BCUT2D eigenvalue weighted by molar-refractivity contribution is 7.26. The minimum atomic E-state index is 0.633. The molecule has 0 unspecified atom stereocenters. The van der Waals surface area contributed by atoms with Crippen molar-refractivity contribution in [3.8, 4) is 78.7 Å². The van der Waals surface area contributed by atoms with Crippen molar-refractivity contribution in [1.29, 1.82) is 0 Å². The van der Waals surface area contributed by atoms with Crippen LogP contribution >= 0.6 is 11.3 Å². The lowest BCUT2D eigenvalue weighted by molar-refractivity contribution is 1.07. The highest BCUT2D eigenvalue weighted by atomic mass is 32.1. The average molecular weight is 720 g/mol. The molecule has 10 aromatic rings. The van der Waals surface area contributed by atoms with E-state index in [0.717, 1.165) is 38.9 Å². The smallest absolute Gasteiger partial charge is 0.164 e. The van der Waals surface area contributed by atoms with Gasteiger partial charge in [-0.3, -0.25) is 0 Å². The first-order valence-electron chi connectivity index (χ1n) is 18.4. The Labute approximate surface area is 323 Å². The molecule has 0 bridgehead atoms. The van der Waals surface area contributed by atoms with Gasteiger partial charge in [-0.25, -0.2) is 15.0 Å². The Morgan fingerprint density at radius 1 is 0.273 bits per heavy atom. The van der Waals surface area contributed by atoms with E-state index >= 15 is 0 Å². The Bertz CT molecular complexity index is 2950. The molecule has 0 fully saturated rings. The lowest BCUT2D eigenvalue weighted by atomic mass is 9.92. The quantitative estimate of drug-likeness (QED) is 0.165. The van der Waals surface area contributed by atoms with Crippen LogP contribution in [0.25, 0.3) is 98.8 Å². The van der Waals surface area contributed by atoms with Gasteiger partial charge in [-0.2, -0.15) is 0 Å². The first-order chi connectivity index (χ1) is 27.2. The fourth-order valence-electron chi connectivity index (χ4n) is 7.42. The molecule has 0 radical (unpaired) electrons. The molecule has 55 heavy (non-hydrogen) atoms. The molecule has 0 atom stereocenters. The van der Waals surface area contributed by atoms with Crippen molar-refractivity contribution >= 4 is 31.5 Å². The molecular formula is C51H33N3S. The van der Waals surface area contributed by atoms with Gasteiger partial charge >= 0.3 is 0 Å². The molecule has 0 spiro atoms. The lowest BCUT2D eigenvalue weighted by Crippen LogP contribution is -2.01. The largest absolute Gasteiger partial charge is 0.208 e. The van der Waals surface area contributed by atoms with Crippen molar-refractivity contribution in [3.05, 3.63) is 200 Å². The van der Waals surface area contributed by atoms with Crippen molar-refractivity contribution in [2.75, 3.05) is 0 Å². The Hall–Kier alpha value is -7.01. The van der Waals surface area contributed by atoms with Crippen molar-refractivity contribution in [2.24, 2.45) is 0 Å². The van der Waals surface area contributed by atoms with Crippen molar-refractivity contribution in [3.63, 3.8) is 0 Å². The van der Waals surface area contributed by atoms with Gasteiger partial charge in [-0.15, -0.1) is 11.3 Å². The van der Waals surface area contributed by atoms with Crippen LogP contribution in [0.2, 0.25) is 0 Å². The second-order valence-electron chi connectivity index (χ2n) is 13.6. The zero-order valence-corrected chi connectivity index (χ0v) is 30.6. The summed E-state index contributed by atoms with van der Waals surface area (Å²) < 4.78 is 2.62. The van der Waals surface area contributed by atoms with E-state index in [0.29, 0.717) is 17.5 Å². The summed E-state index contributed by atoms with van der Waals surface area (Å²) in [5.74, 6) is 1.92. The number of aromatic nitrogens is 3. The fraction of sp³-hybridized carbons (Fsp3) is 0. The van der Waals surface area contributed by atoms with Crippen molar-refractivity contribution < 1.29 is 0 Å². The van der Waals surface area contributed by atoms with E-state index in [-0.39, 0.29) is 0 Å². The van der Waals surface area contributed by atoms with E-state index in [1.54, 1.807) is 0 Å². The molecule has 10 rings (SSSR count). The number of nitrogens with zero attached hydrogens (tertiary/aromatic N) is 3. The lowest BCUT2D eigenvalue weighted by Gasteiger charge is -2.13. The predicted molar refractivity (Wildman–Crippen MR) is 231 cm³/mol. The third-order valence-electron chi connectivity index (χ3n) is 10.2. The molecule has 4 heteroatoms. The summed E-state index contributed by atoms with van der Waals surface area (Å²) in [5.41, 5.74) is 12.1. The maximum absolute atomic E-state index is 5.12. The molecule has 0 aliphatic rings. The number of hydrogen-bond donors (Lipinski definition) is 0. The highest BCUT2D eigenvalue weighted by Gasteiger charge is 2.17. The van der Waals surface area contributed by atoms with Gasteiger partial charge < -0.3 is 0 Å². The summed E-state index contributed by atoms with van der Waals surface area (Å²) in [6.07, 6.45) is 0. The Morgan fingerprint density at radius 3 is 1.42 bits per heavy atom. The van der Waals surface area contributed by atoms with Crippen LogP contribution in [0.5, 0.6) is 0 Å². The number of rotatable bonds is 7. The van der Waals surface area contributed by atoms with Gasteiger partial charge in [-0.05, 0) is 68.8 Å². The molecule has 0 amide bonds. The van der Waals surface area contributed by atoms with Crippen LogP contribution in [0.15, 0.2) is 200 Å². The SMILES string of the molecule is c1ccc(-c2cc(-c3ccc(-c4nc(-c5ccccc5)nc(-c5ccccc5-c5ccccc5)n4)cc3)cc(-c3cccc4c3sc3ccccc34)c2)cc1. The zero-order valence-electron chi connectivity index (χ0n) is 29.8. The molecule has 0 N–H and O–H groups in total. The van der Waals surface area contributed by atoms with Crippen molar-refractivity contribution in [2.45, 2.75) is 0 Å². The van der Waals surface area contributed by atoms with Crippen molar-refractivity contribution in [1.82, 2.24) is 15.0 Å². The molecule has 0 saturated carbocycles. The van der Waals surface area contributed by atoms with Gasteiger partial charge in [-0.1, -0.05) is 176 Å². The van der Waals surface area contributed by atoms with Gasteiger partial charge in [0.2, 0.25) is 0 Å². The molecular weight excluding hydrogens is 687 g/mol. The summed E-state index contributed by atoms with van der Waals surface area (Å²) in [4.78, 5) is 15.2. The molecule has 0 aliphatic heterocycles. The monoisotopic (exact) mass is 719 g/mol. The van der Waals surface area contributed by atoms with Crippen LogP contribution in [0.4, 0.5) is 0 Å². The second kappa shape index (κ2) is 14.1. The number of benzene rings is 8. The maximum Gasteiger partial charge on any atom is 0.164 e. The number of fused-ring (bicyclic) bond motifs is 3. The summed E-state index contributed by atoms with van der Waals surface area (Å²) in [6, 6.07) is 70.5. The minimum absolute atomic E-state index is 0.633. The highest BCUT2D eigenvalue weighted by Crippen LogP contribution is 2.42. The van der Waals surface area contributed by atoms with Gasteiger partial charge in [0.1, 0.15) is 0 Å². The summed E-state index contributed by atoms with van der Waals surface area (Å²) in [5, 5.41) is 2.60. The number of hydrogen-bond acceptors (Lipinski definition) is 4. The third kappa shape index (κ3) is 6.29. The van der Waals surface area contributed by atoms with E-state index in [1.807, 2.05) is 53.8 Å². The molecule has 0 aliphatic carbocycles. The molecule has 8 aromatic carbocycles. The molecule has 258 valence electrons. The summed E-state index contributed by atoms with van der Waals surface area (Å²) >= 11 is 1.87. The summed E-state index contributed by atoms with van der Waals surface area (Å²) in [7, 11) is 0. The normalized spacial score (nSPS) is 11.3. The van der Waals surface area contributed by atoms with Gasteiger partial charge in [0.15, 0.2) is 17.5 Å². The van der Waals surface area contributed by atoms with Crippen LogP contribution in [0.1, 0.15) is 0 Å². The van der Waals surface area contributed by atoms with Crippen LogP contribution in [-0.4, -0.2) is 15.0 Å². The average Bonchev–Trinajstić information content (AvgIpc) is 3.66. The Morgan fingerprint density at radius 2 is 0.727 bits per heavy atom. The van der Waals surface area contributed by atoms with Gasteiger partial charge in [0, 0.05) is 36.9 Å². The first-order valence-corrected chi connectivity index (χ1v) is 19.3. The minimum Gasteiger partial charge on any atom is -0.208 e. The topological polar surface area (TPSA) is 38.7 Å². The second-order valence-corrected chi connectivity index (χ2v) is 14.7. The van der Waals surface area contributed by atoms with Crippen LogP contribution in [0.3, 0.4) is 0 Å². The third-order valence-corrected chi connectivity index (χ3v) is 11.4. The maximum atomic E-state index is 5.12. The van der Waals surface area contributed by atoms with Crippen LogP contribution in [0, 0.1) is 0 Å². The van der Waals surface area contributed by atoms with E-state index < -0.39 is 0 Å². The van der Waals surface area contributed by atoms with E-state index in [4.69, 9.17) is 15.0 Å². The van der Waals surface area contributed by atoms with Gasteiger partial charge in [0.25, 0.3) is 0 Å². The summed E-state index contributed by atoms with van der Waals surface area (Å²) in [6.45, 7) is 0. The zero-order chi connectivity index (χ0) is 36.6. The van der Waals surface area contributed by atoms with E-state index in [1.165, 1.54) is 42.4 Å². The van der Waals surface area contributed by atoms with Crippen LogP contribution in [-0.2, 0) is 0 Å². The Kier molecular flexibility index (Phi) is 8.36. The number of thiophene rings is 1. The van der Waals surface area contributed by atoms with E-state index in [2.05, 4.69) is 158 Å². The Balaban J connectivity index is 1.09. The standard InChI is InChI=1S/C51H33N3S/c1-4-15-34(16-5-1)39-31-40(33-41(32-39)43-24-14-25-45-44-22-12-13-26-47(44)55-48(43)45)35-27-29-38(30-28-35)50-52-49(37-19-8-3-9-20-37)53-51(54-50)46-23-11-10-21-42(46)36-17-6-2-7-18-36/h1-33H. The molecule has 2 heterocycles. The van der Waals surface area contributed by atoms with Crippen LogP contribution < -0.4 is 0 Å². The molecule has 2 aromatic heterocycles.